The van der Waals surface area contributed by atoms with E-state index >= 15 is 0 Å². The van der Waals surface area contributed by atoms with Gasteiger partial charge in [0.05, 0.1) is 17.3 Å². The summed E-state index contributed by atoms with van der Waals surface area (Å²) < 4.78 is 39.6. The van der Waals surface area contributed by atoms with E-state index in [4.69, 9.17) is 0 Å². The van der Waals surface area contributed by atoms with Gasteiger partial charge in [-0.25, -0.2) is 0 Å². The van der Waals surface area contributed by atoms with Gasteiger partial charge in [0, 0.05) is 16.0 Å². The van der Waals surface area contributed by atoms with E-state index in [1.165, 1.54) is 11.3 Å². The van der Waals surface area contributed by atoms with Crippen molar-refractivity contribution in [2.75, 3.05) is 6.54 Å². The Labute approximate surface area is 148 Å². The molecule has 0 unspecified atom stereocenters. The van der Waals surface area contributed by atoms with Gasteiger partial charge in [-0.2, -0.15) is 13.2 Å². The highest BCUT2D eigenvalue weighted by Gasteiger charge is 2.39. The number of halogens is 3. The van der Waals surface area contributed by atoms with E-state index in [1.807, 2.05) is 13.0 Å². The Hall–Kier alpha value is -1.89. The molecule has 1 aliphatic carbocycles. The Morgan fingerprint density at radius 3 is 2.80 bits per heavy atom. The Balaban J connectivity index is 2.01. The van der Waals surface area contributed by atoms with Gasteiger partial charge >= 0.3 is 6.18 Å². The largest absolute Gasteiger partial charge is 0.406 e. The number of aromatic nitrogens is 1. The predicted molar refractivity (Wildman–Crippen MR) is 90.8 cm³/mol. The molecule has 0 spiro atoms. The summed E-state index contributed by atoms with van der Waals surface area (Å²) >= 11 is 1.42. The number of alkyl halides is 3. The first-order valence-electron chi connectivity index (χ1n) is 8.15. The van der Waals surface area contributed by atoms with Crippen LogP contribution in [0.15, 0.2) is 24.4 Å². The fraction of sp³-hybridized carbons (Fsp3) is 0.444. The number of hydrogen-bond donors (Lipinski definition) is 0. The molecule has 2 aromatic heterocycles. The molecule has 0 aliphatic heterocycles. The molecule has 3 nitrogen and oxygen atoms in total. The lowest BCUT2D eigenvalue weighted by Crippen LogP contribution is -2.43. The normalized spacial score (nSPS) is 17.2. The van der Waals surface area contributed by atoms with E-state index in [0.29, 0.717) is 17.7 Å². The van der Waals surface area contributed by atoms with Crippen molar-refractivity contribution in [3.05, 3.63) is 51.0 Å². The third-order valence-corrected chi connectivity index (χ3v) is 5.39. The van der Waals surface area contributed by atoms with Crippen molar-refractivity contribution in [2.24, 2.45) is 0 Å². The van der Waals surface area contributed by atoms with Gasteiger partial charge in [0.25, 0.3) is 5.91 Å². The van der Waals surface area contributed by atoms with Crippen molar-refractivity contribution in [1.29, 1.82) is 0 Å². The average Bonchev–Trinajstić information content (AvgIpc) is 2.89. The van der Waals surface area contributed by atoms with Crippen LogP contribution in [-0.4, -0.2) is 28.5 Å². The van der Waals surface area contributed by atoms with Gasteiger partial charge in [0.2, 0.25) is 0 Å². The second kappa shape index (κ2) is 6.78. The maximum absolute atomic E-state index is 13.2. The van der Waals surface area contributed by atoms with Crippen LogP contribution in [0, 0.1) is 13.8 Å². The zero-order chi connectivity index (χ0) is 18.2. The lowest BCUT2D eigenvalue weighted by atomic mass is 9.90. The zero-order valence-corrected chi connectivity index (χ0v) is 14.9. The molecular weight excluding hydrogens is 349 g/mol. The molecule has 0 saturated carbocycles. The number of carbonyl (C=O) groups excluding carboxylic acids is 1. The number of carbonyl (C=O) groups is 1. The summed E-state index contributed by atoms with van der Waals surface area (Å²) in [6.07, 6.45) is -0.862. The Morgan fingerprint density at radius 2 is 2.16 bits per heavy atom. The molecule has 0 saturated heterocycles. The standard InChI is InChI=1S/C18H19F3N2OS/c1-11-9-14(12(2)25-11)17(24)23(10-18(19,20)21)15-7-3-5-13-6-4-8-22-16(13)15/h4,6,8-9,15H,3,5,7,10H2,1-2H3/t15-/m0/s1. The number of pyridine rings is 1. The van der Waals surface area contributed by atoms with Crippen molar-refractivity contribution in [2.45, 2.75) is 45.3 Å². The summed E-state index contributed by atoms with van der Waals surface area (Å²) in [5.41, 5.74) is 1.88. The molecule has 1 atom stereocenters. The number of thiophene rings is 1. The van der Waals surface area contributed by atoms with Gasteiger partial charge in [-0.1, -0.05) is 6.07 Å². The van der Waals surface area contributed by atoms with Gasteiger partial charge in [0.1, 0.15) is 6.54 Å². The molecule has 134 valence electrons. The average molecular weight is 368 g/mol. The van der Waals surface area contributed by atoms with Crippen LogP contribution in [0.1, 0.15) is 50.3 Å². The molecule has 0 radical (unpaired) electrons. The van der Waals surface area contributed by atoms with E-state index < -0.39 is 24.7 Å². The monoisotopic (exact) mass is 368 g/mol. The molecule has 2 heterocycles. The number of amides is 1. The van der Waals surface area contributed by atoms with Crippen LogP contribution in [0.3, 0.4) is 0 Å². The second-order valence-corrected chi connectivity index (χ2v) is 7.79. The van der Waals surface area contributed by atoms with E-state index in [1.54, 1.807) is 25.3 Å². The minimum absolute atomic E-state index is 0.356. The maximum atomic E-state index is 13.2. The molecule has 3 rings (SSSR count). The van der Waals surface area contributed by atoms with Gasteiger partial charge in [-0.05, 0) is 50.8 Å². The molecule has 0 fully saturated rings. The molecule has 1 amide bonds. The Kier molecular flexibility index (Phi) is 4.86. The zero-order valence-electron chi connectivity index (χ0n) is 14.1. The van der Waals surface area contributed by atoms with Gasteiger partial charge in [-0.3, -0.25) is 9.78 Å². The highest BCUT2D eigenvalue weighted by Crippen LogP contribution is 2.36. The van der Waals surface area contributed by atoms with Crippen molar-refractivity contribution >= 4 is 17.2 Å². The van der Waals surface area contributed by atoms with Crippen LogP contribution < -0.4 is 0 Å². The molecule has 0 bridgehead atoms. The molecule has 2 aromatic rings. The first kappa shape index (κ1) is 17.9. The van der Waals surface area contributed by atoms with Gasteiger partial charge in [-0.15, -0.1) is 11.3 Å². The van der Waals surface area contributed by atoms with Gasteiger partial charge < -0.3 is 4.90 Å². The second-order valence-electron chi connectivity index (χ2n) is 6.33. The first-order chi connectivity index (χ1) is 11.8. The molecular formula is C18H19F3N2OS. The first-order valence-corrected chi connectivity index (χ1v) is 8.96. The SMILES string of the molecule is Cc1cc(C(=O)N(CC(F)(F)F)[C@H]2CCCc3cccnc32)c(C)s1. The van der Waals surface area contributed by atoms with Crippen LogP contribution in [-0.2, 0) is 6.42 Å². The maximum Gasteiger partial charge on any atom is 0.406 e. The van der Waals surface area contributed by atoms with Gasteiger partial charge in [0.15, 0.2) is 0 Å². The number of hydrogen-bond acceptors (Lipinski definition) is 3. The summed E-state index contributed by atoms with van der Waals surface area (Å²) in [4.78, 5) is 19.9. The van der Waals surface area contributed by atoms with E-state index in [2.05, 4.69) is 4.98 Å². The minimum Gasteiger partial charge on any atom is -0.321 e. The third-order valence-electron chi connectivity index (χ3n) is 4.42. The number of rotatable bonds is 3. The molecule has 1 aliphatic rings. The van der Waals surface area contributed by atoms with E-state index in [-0.39, 0.29) is 0 Å². The topological polar surface area (TPSA) is 33.2 Å². The molecule has 7 heteroatoms. The van der Waals surface area contributed by atoms with E-state index in [0.717, 1.165) is 33.1 Å². The summed E-state index contributed by atoms with van der Waals surface area (Å²) in [6, 6.07) is 4.70. The van der Waals surface area contributed by atoms with Crippen LogP contribution in [0.5, 0.6) is 0 Å². The number of aryl methyl sites for hydroxylation is 3. The lowest BCUT2D eigenvalue weighted by Gasteiger charge is -2.35. The highest BCUT2D eigenvalue weighted by molar-refractivity contribution is 7.12. The van der Waals surface area contributed by atoms with Crippen LogP contribution >= 0.6 is 11.3 Å². The number of fused-ring (bicyclic) bond motifs is 1. The van der Waals surface area contributed by atoms with E-state index in [9.17, 15) is 18.0 Å². The summed E-state index contributed by atoms with van der Waals surface area (Å²) in [5, 5.41) is 0. The molecule has 0 aromatic carbocycles. The van der Waals surface area contributed by atoms with Crippen molar-refractivity contribution in [3.8, 4) is 0 Å². The van der Waals surface area contributed by atoms with Crippen molar-refractivity contribution in [3.63, 3.8) is 0 Å². The summed E-state index contributed by atoms with van der Waals surface area (Å²) in [5.74, 6) is -0.567. The summed E-state index contributed by atoms with van der Waals surface area (Å²) in [7, 11) is 0. The van der Waals surface area contributed by atoms with Crippen LogP contribution in [0.2, 0.25) is 0 Å². The smallest absolute Gasteiger partial charge is 0.321 e. The Morgan fingerprint density at radius 1 is 1.40 bits per heavy atom. The van der Waals surface area contributed by atoms with Crippen LogP contribution in [0.4, 0.5) is 13.2 Å². The predicted octanol–water partition coefficient (Wildman–Crippen LogP) is 4.84. The Bertz CT molecular complexity index is 785. The van der Waals surface area contributed by atoms with Crippen LogP contribution in [0.25, 0.3) is 0 Å². The number of nitrogens with zero attached hydrogens (tertiary/aromatic N) is 2. The van der Waals surface area contributed by atoms with Crippen molar-refractivity contribution in [1.82, 2.24) is 9.88 Å². The summed E-state index contributed by atoms with van der Waals surface area (Å²) in [6.45, 7) is 2.35. The quantitative estimate of drug-likeness (QED) is 0.777. The molecule has 25 heavy (non-hydrogen) atoms. The highest BCUT2D eigenvalue weighted by atomic mass is 32.1. The fourth-order valence-electron chi connectivity index (χ4n) is 3.40. The third kappa shape index (κ3) is 3.86. The van der Waals surface area contributed by atoms with Crippen molar-refractivity contribution < 1.29 is 18.0 Å². The lowest BCUT2D eigenvalue weighted by molar-refractivity contribution is -0.145. The molecule has 0 N–H and O–H groups in total. The fourth-order valence-corrected chi connectivity index (χ4v) is 4.32. The minimum atomic E-state index is -4.46.